The molecule has 2 radical (unpaired) electrons. The Kier molecular flexibility index (Phi) is 7.54. The Balaban J connectivity index is 1.46. The van der Waals surface area contributed by atoms with Gasteiger partial charge in [0, 0.05) is 62.6 Å². The van der Waals surface area contributed by atoms with Crippen LogP contribution in [0, 0.1) is 24.3 Å². The number of hydroxylamine groups is 6. The molecule has 0 bridgehead atoms. The molecule has 0 amide bonds. The molecule has 0 N–H and O–H groups in total. The molecule has 4 aromatic rings. The van der Waals surface area contributed by atoms with E-state index < -0.39 is 62.2 Å². The van der Waals surface area contributed by atoms with Crippen LogP contribution in [0.3, 0.4) is 0 Å². The Morgan fingerprint density at radius 2 is 0.906 bits per heavy atom. The van der Waals surface area contributed by atoms with Gasteiger partial charge in [-0.05, 0) is 93.5 Å². The number of nitrogens with zero attached hydrogens (tertiary/aromatic N) is 4. The van der Waals surface area contributed by atoms with Crippen LogP contribution in [0.1, 0.15) is 87.4 Å². The molecule has 0 unspecified atom stereocenters. The van der Waals surface area contributed by atoms with Gasteiger partial charge in [-0.15, -0.1) is 22.7 Å². The van der Waals surface area contributed by atoms with Gasteiger partial charge in [-0.1, -0.05) is 22.3 Å². The van der Waals surface area contributed by atoms with Crippen molar-refractivity contribution in [2.45, 2.75) is 109 Å². The summed E-state index contributed by atoms with van der Waals surface area (Å²) in [4.78, 5) is 0.0857. The number of halogens is 6. The van der Waals surface area contributed by atoms with Crippen molar-refractivity contribution in [2.24, 2.45) is 0 Å². The average Bonchev–Trinajstić information content (AvgIpc) is 3.64. The molecule has 2 aromatic carbocycles. The quantitative estimate of drug-likeness (QED) is 0.117. The molecule has 2 aromatic heterocycles. The summed E-state index contributed by atoms with van der Waals surface area (Å²) in [7, 11) is 0. The lowest BCUT2D eigenvalue weighted by molar-refractivity contribution is -0.539. The zero-order chi connectivity index (χ0) is 39.5. The summed E-state index contributed by atoms with van der Waals surface area (Å²) in [5, 5.41) is 54.4. The van der Waals surface area contributed by atoms with Crippen molar-refractivity contribution >= 4 is 65.7 Å². The van der Waals surface area contributed by atoms with E-state index in [1.807, 2.05) is 0 Å². The second-order valence-corrected chi connectivity index (χ2v) is 18.5. The zero-order valence-electron chi connectivity index (χ0n) is 30.5. The molecule has 0 spiro atoms. The van der Waals surface area contributed by atoms with Crippen LogP contribution in [-0.4, -0.2) is 71.2 Å². The third-order valence-electron chi connectivity index (χ3n) is 12.2. The summed E-state index contributed by atoms with van der Waals surface area (Å²) in [6.45, 7) is 15.5. The third kappa shape index (κ3) is 4.31. The first-order valence-corrected chi connectivity index (χ1v) is 18.3. The number of benzene rings is 2. The van der Waals surface area contributed by atoms with E-state index in [0.29, 0.717) is 19.6 Å². The van der Waals surface area contributed by atoms with E-state index in [9.17, 15) is 20.8 Å². The number of amidine groups is 2. The lowest BCUT2D eigenvalue weighted by atomic mass is 9.84. The predicted molar refractivity (Wildman–Crippen MR) is 192 cm³/mol. The van der Waals surface area contributed by atoms with Gasteiger partial charge in [-0.3, -0.25) is 9.48 Å². The smallest absolute Gasteiger partial charge is 0.380 e. The molecule has 8 nitrogen and oxygen atoms in total. The number of aryl methyl sites for hydroxylation is 2. The molecule has 7 rings (SSSR count). The minimum absolute atomic E-state index is 0.0302. The minimum atomic E-state index is -5.82. The van der Waals surface area contributed by atoms with E-state index in [2.05, 4.69) is 0 Å². The highest BCUT2D eigenvalue weighted by Crippen LogP contribution is 2.67. The summed E-state index contributed by atoms with van der Waals surface area (Å²) >= 11 is 1.77. The Morgan fingerprint density at radius 1 is 0.585 bits per heavy atom. The first-order valence-electron chi connectivity index (χ1n) is 16.7. The maximum absolute atomic E-state index is 16.2. The van der Waals surface area contributed by atoms with Crippen LogP contribution < -0.4 is 0 Å². The van der Waals surface area contributed by atoms with Gasteiger partial charge in [0.2, 0.25) is 0 Å². The standard InChI is InChI=1S/C37H36F6N4O4S2/c1-17-25(21-13-11-19(15-23(21)52-17)29-44(48)31(3,4)32(5,6)45(29)49)27-28(36(40,41)37(42,43)35(27,38)39)26-18(2)53-24-16-20(12-14-22(24)26)30-46(50)33(7,8)34(9,10)47(30)51/h11-16H,1-10H3. The Morgan fingerprint density at radius 3 is 1.19 bits per heavy atom. The van der Waals surface area contributed by atoms with Gasteiger partial charge in [0.1, 0.15) is 11.1 Å². The van der Waals surface area contributed by atoms with Crippen LogP contribution in [0.5, 0.6) is 0 Å². The number of alkyl halides is 6. The lowest BCUT2D eigenvalue weighted by Gasteiger charge is -2.32. The van der Waals surface area contributed by atoms with E-state index in [-0.39, 0.29) is 52.7 Å². The Bertz CT molecular complexity index is 2230. The molecule has 282 valence electrons. The number of fused-ring (bicyclic) bond motifs is 2. The molecule has 53 heavy (non-hydrogen) atoms. The molecule has 0 saturated heterocycles. The fourth-order valence-electron chi connectivity index (χ4n) is 7.41. The number of rotatable bonds is 4. The van der Waals surface area contributed by atoms with E-state index in [4.69, 9.17) is 0 Å². The lowest BCUT2D eigenvalue weighted by Crippen LogP contribution is -2.53. The average molecular weight is 779 g/mol. The van der Waals surface area contributed by atoms with Crippen LogP contribution in [-0.2, 0) is 10.4 Å². The SMILES string of the molecule is Cc1sc2cc(C3=[N+]([O-])C(C)(C)C(C)(C)N3[O])ccc2c1C1=C(c2c(C)sc3cc(C4=[N+]([O-])C(C)(C)C(C)(C)N4[O])ccc23)C(F)(F)C(F)(F)C1(F)F. The van der Waals surface area contributed by atoms with Crippen LogP contribution in [0.2, 0.25) is 0 Å². The number of hydrogen-bond acceptors (Lipinski definition) is 6. The van der Waals surface area contributed by atoms with Crippen LogP contribution in [0.15, 0.2) is 36.4 Å². The van der Waals surface area contributed by atoms with Crippen molar-refractivity contribution < 1.29 is 46.2 Å². The number of allylic oxidation sites excluding steroid dienone is 2. The normalized spacial score (nSPS) is 23.8. The maximum Gasteiger partial charge on any atom is 0.380 e. The van der Waals surface area contributed by atoms with Crippen LogP contribution >= 0.6 is 22.7 Å². The van der Waals surface area contributed by atoms with Gasteiger partial charge in [0.25, 0.3) is 0 Å². The molecule has 4 heterocycles. The van der Waals surface area contributed by atoms with Crippen molar-refractivity contribution in [3.63, 3.8) is 0 Å². The molecule has 0 saturated carbocycles. The van der Waals surface area contributed by atoms with Crippen LogP contribution in [0.25, 0.3) is 31.3 Å². The van der Waals surface area contributed by atoms with Crippen molar-refractivity contribution in [2.75, 3.05) is 0 Å². The molecule has 0 fully saturated rings. The first kappa shape index (κ1) is 37.5. The van der Waals surface area contributed by atoms with E-state index >= 15 is 26.3 Å². The number of hydrogen-bond donors (Lipinski definition) is 0. The zero-order valence-corrected chi connectivity index (χ0v) is 32.1. The largest absolute Gasteiger partial charge is 0.714 e. The van der Waals surface area contributed by atoms with E-state index in [1.54, 1.807) is 55.4 Å². The van der Waals surface area contributed by atoms with Crippen LogP contribution in [0.4, 0.5) is 26.3 Å². The van der Waals surface area contributed by atoms with Gasteiger partial charge in [0.05, 0.1) is 11.1 Å². The predicted octanol–water partition coefficient (Wildman–Crippen LogP) is 9.51. The maximum atomic E-state index is 16.2. The monoisotopic (exact) mass is 778 g/mol. The van der Waals surface area contributed by atoms with Crippen molar-refractivity contribution in [3.8, 4) is 0 Å². The fraction of sp³-hybridized carbons (Fsp3) is 0.459. The fourth-order valence-corrected chi connectivity index (χ4v) is 9.63. The van der Waals surface area contributed by atoms with Gasteiger partial charge in [0.15, 0.2) is 11.1 Å². The third-order valence-corrected chi connectivity index (χ3v) is 14.3. The second-order valence-electron chi connectivity index (χ2n) is 16.0. The van der Waals surface area contributed by atoms with E-state index in [1.165, 1.54) is 50.2 Å². The molecular weight excluding hydrogens is 743 g/mol. The van der Waals surface area contributed by atoms with Gasteiger partial charge < -0.3 is 10.4 Å². The molecule has 2 aliphatic heterocycles. The summed E-state index contributed by atoms with van der Waals surface area (Å²) in [6, 6.07) is 8.00. The Labute approximate surface area is 309 Å². The van der Waals surface area contributed by atoms with Crippen molar-refractivity contribution in [3.05, 3.63) is 78.8 Å². The second kappa shape index (κ2) is 10.7. The van der Waals surface area contributed by atoms with E-state index in [0.717, 1.165) is 22.7 Å². The summed E-state index contributed by atoms with van der Waals surface area (Å²) in [5.74, 6) is -17.0. The first-order chi connectivity index (χ1) is 24.1. The van der Waals surface area contributed by atoms with Gasteiger partial charge in [-0.25, -0.2) is 0 Å². The highest BCUT2D eigenvalue weighted by atomic mass is 32.1. The van der Waals surface area contributed by atoms with Gasteiger partial charge in [-0.2, -0.15) is 26.3 Å². The van der Waals surface area contributed by atoms with Crippen molar-refractivity contribution in [1.82, 2.24) is 10.1 Å². The minimum Gasteiger partial charge on any atom is -0.714 e. The summed E-state index contributed by atoms with van der Waals surface area (Å²) in [5.41, 5.74) is -8.38. The summed E-state index contributed by atoms with van der Waals surface area (Å²) in [6.07, 6.45) is 0. The highest BCUT2D eigenvalue weighted by molar-refractivity contribution is 7.19. The summed E-state index contributed by atoms with van der Waals surface area (Å²) < 4.78 is 97.3. The molecule has 16 heteroatoms. The molecular formula is C37H36F6N4O4S2. The molecule has 1 aliphatic carbocycles. The highest BCUT2D eigenvalue weighted by Gasteiger charge is 2.80. The topological polar surface area (TPSA) is 98.4 Å². The molecule has 0 atom stereocenters. The Hall–Kier alpha value is -3.86. The van der Waals surface area contributed by atoms with Gasteiger partial charge >= 0.3 is 29.4 Å². The number of thiophene rings is 2. The molecule has 3 aliphatic rings. The van der Waals surface area contributed by atoms with Crippen molar-refractivity contribution in [1.29, 1.82) is 0 Å².